The van der Waals surface area contributed by atoms with E-state index >= 15 is 0 Å². The van der Waals surface area contributed by atoms with Crippen LogP contribution >= 0.6 is 0 Å². The second-order valence-electron chi connectivity index (χ2n) is 8.87. The van der Waals surface area contributed by atoms with Crippen molar-refractivity contribution in [1.82, 2.24) is 24.3 Å². The van der Waals surface area contributed by atoms with E-state index in [2.05, 4.69) is 30.9 Å². The maximum Gasteiger partial charge on any atom is 0.235 e. The Hall–Kier alpha value is -4.53. The lowest BCUT2D eigenvalue weighted by molar-refractivity contribution is 0.331. The fraction of sp³-hybridized carbons (Fsp3) is 0.185. The van der Waals surface area contributed by atoms with Crippen molar-refractivity contribution in [2.24, 2.45) is 0 Å². The summed E-state index contributed by atoms with van der Waals surface area (Å²) in [6.07, 6.45) is 7.73. The molecule has 4 heterocycles. The first-order valence-corrected chi connectivity index (χ1v) is 11.7. The van der Waals surface area contributed by atoms with Crippen molar-refractivity contribution in [3.05, 3.63) is 95.6 Å². The number of aromatic nitrogens is 5. The standard InChI is InChI=1S/C27H24FN7O/c1-17-23(10-18-2-5-22(28)6-3-18)26(32-16-31-17)34-8-9-36-24-7-4-19(11-20(24)13-34)21-12-30-27-33-25(29)15-35(27)14-21/h2-7,11-12,14-16H,8-10,13,29H2,1H3. The van der Waals surface area contributed by atoms with Crippen LogP contribution in [0.15, 0.2) is 67.4 Å². The second-order valence-corrected chi connectivity index (χ2v) is 8.87. The third-order valence-electron chi connectivity index (χ3n) is 6.43. The Morgan fingerprint density at radius 2 is 1.89 bits per heavy atom. The van der Waals surface area contributed by atoms with Gasteiger partial charge in [-0.15, -0.1) is 0 Å². The molecule has 0 unspecified atom stereocenters. The molecular weight excluding hydrogens is 457 g/mol. The summed E-state index contributed by atoms with van der Waals surface area (Å²) in [5.74, 6) is 2.47. The van der Waals surface area contributed by atoms with Gasteiger partial charge in [0.05, 0.1) is 12.7 Å². The number of hydrogen-bond donors (Lipinski definition) is 1. The van der Waals surface area contributed by atoms with Crippen molar-refractivity contribution in [1.29, 1.82) is 0 Å². The third-order valence-corrected chi connectivity index (χ3v) is 6.43. The molecule has 0 saturated heterocycles. The largest absolute Gasteiger partial charge is 0.491 e. The Bertz CT molecular complexity index is 1570. The van der Waals surface area contributed by atoms with Gasteiger partial charge in [0, 0.05) is 47.7 Å². The fourth-order valence-electron chi connectivity index (χ4n) is 4.58. The van der Waals surface area contributed by atoms with E-state index in [0.29, 0.717) is 37.7 Å². The molecule has 0 atom stereocenters. The number of rotatable bonds is 4. The summed E-state index contributed by atoms with van der Waals surface area (Å²) in [4.78, 5) is 19.9. The molecule has 9 heteroatoms. The lowest BCUT2D eigenvalue weighted by Gasteiger charge is -2.24. The molecular formula is C27H24FN7O. The summed E-state index contributed by atoms with van der Waals surface area (Å²) in [5, 5.41) is 0. The van der Waals surface area contributed by atoms with Gasteiger partial charge in [-0.25, -0.2) is 19.3 Å². The molecule has 0 spiro atoms. The minimum Gasteiger partial charge on any atom is -0.491 e. The molecule has 5 aromatic rings. The molecule has 0 fully saturated rings. The van der Waals surface area contributed by atoms with Crippen LogP contribution in [-0.2, 0) is 13.0 Å². The van der Waals surface area contributed by atoms with Crippen LogP contribution in [0.4, 0.5) is 16.0 Å². The Kier molecular flexibility index (Phi) is 5.44. The minimum absolute atomic E-state index is 0.247. The topological polar surface area (TPSA) is 94.5 Å². The molecule has 180 valence electrons. The lowest BCUT2D eigenvalue weighted by Crippen LogP contribution is -2.28. The maximum atomic E-state index is 13.4. The van der Waals surface area contributed by atoms with Crippen LogP contribution < -0.4 is 15.4 Å². The van der Waals surface area contributed by atoms with E-state index < -0.39 is 0 Å². The zero-order chi connectivity index (χ0) is 24.6. The van der Waals surface area contributed by atoms with E-state index in [-0.39, 0.29) is 5.82 Å². The first kappa shape index (κ1) is 22.0. The van der Waals surface area contributed by atoms with Crippen molar-refractivity contribution < 1.29 is 9.13 Å². The van der Waals surface area contributed by atoms with Crippen LogP contribution in [0.3, 0.4) is 0 Å². The monoisotopic (exact) mass is 481 g/mol. The van der Waals surface area contributed by atoms with Crippen LogP contribution in [0.25, 0.3) is 16.9 Å². The van der Waals surface area contributed by atoms with Crippen LogP contribution in [0.1, 0.15) is 22.4 Å². The van der Waals surface area contributed by atoms with Gasteiger partial charge in [0.2, 0.25) is 5.78 Å². The van der Waals surface area contributed by atoms with E-state index in [4.69, 9.17) is 10.5 Å². The third kappa shape index (κ3) is 4.19. The van der Waals surface area contributed by atoms with Crippen LogP contribution in [0, 0.1) is 12.7 Å². The van der Waals surface area contributed by atoms with Crippen molar-refractivity contribution in [2.75, 3.05) is 23.8 Å². The van der Waals surface area contributed by atoms with Crippen LogP contribution in [0.2, 0.25) is 0 Å². The van der Waals surface area contributed by atoms with E-state index in [9.17, 15) is 4.39 Å². The molecule has 1 aliphatic heterocycles. The number of benzene rings is 2. The summed E-state index contributed by atoms with van der Waals surface area (Å²) < 4.78 is 21.3. The van der Waals surface area contributed by atoms with Gasteiger partial charge in [0.1, 0.15) is 36.1 Å². The van der Waals surface area contributed by atoms with E-state index in [1.54, 1.807) is 30.9 Å². The summed E-state index contributed by atoms with van der Waals surface area (Å²) in [6.45, 7) is 3.83. The average Bonchev–Trinajstić information content (AvgIpc) is 3.12. The predicted octanol–water partition coefficient (Wildman–Crippen LogP) is 4.21. The van der Waals surface area contributed by atoms with Gasteiger partial charge in [-0.2, -0.15) is 4.98 Å². The Labute approximate surface area is 207 Å². The summed E-state index contributed by atoms with van der Waals surface area (Å²) in [6, 6.07) is 12.7. The van der Waals surface area contributed by atoms with Crippen molar-refractivity contribution in [2.45, 2.75) is 19.9 Å². The summed E-state index contributed by atoms with van der Waals surface area (Å²) in [7, 11) is 0. The number of aryl methyl sites for hydroxylation is 1. The van der Waals surface area contributed by atoms with Gasteiger partial charge in [-0.3, -0.25) is 4.40 Å². The Morgan fingerprint density at radius 1 is 1.03 bits per heavy atom. The SMILES string of the molecule is Cc1ncnc(N2CCOc3ccc(-c4cnc5nc(N)cn5c4)cc3C2)c1Cc1ccc(F)cc1. The maximum absolute atomic E-state index is 13.4. The van der Waals surface area contributed by atoms with E-state index in [1.807, 2.05) is 29.7 Å². The normalized spacial score (nSPS) is 13.3. The van der Waals surface area contributed by atoms with Crippen molar-refractivity contribution >= 4 is 17.4 Å². The van der Waals surface area contributed by atoms with Gasteiger partial charge < -0.3 is 15.4 Å². The van der Waals surface area contributed by atoms with Crippen molar-refractivity contribution in [3.8, 4) is 16.9 Å². The number of nitrogen functional groups attached to an aromatic ring is 1. The quantitative estimate of drug-likeness (QED) is 0.411. The number of ether oxygens (including phenoxy) is 1. The van der Waals surface area contributed by atoms with Crippen LogP contribution in [0.5, 0.6) is 5.75 Å². The molecule has 6 rings (SSSR count). The Balaban J connectivity index is 1.34. The number of nitrogens with zero attached hydrogens (tertiary/aromatic N) is 6. The second kappa shape index (κ2) is 8.92. The van der Waals surface area contributed by atoms with E-state index in [1.165, 1.54) is 12.1 Å². The van der Waals surface area contributed by atoms with E-state index in [0.717, 1.165) is 45.1 Å². The van der Waals surface area contributed by atoms with Gasteiger partial charge in [0.15, 0.2) is 0 Å². The molecule has 2 aromatic carbocycles. The molecule has 2 N–H and O–H groups in total. The molecule has 8 nitrogen and oxygen atoms in total. The fourth-order valence-corrected chi connectivity index (χ4v) is 4.58. The van der Waals surface area contributed by atoms with Crippen LogP contribution in [-0.4, -0.2) is 37.5 Å². The molecule has 0 radical (unpaired) electrons. The number of anilines is 2. The summed E-state index contributed by atoms with van der Waals surface area (Å²) in [5.41, 5.74) is 11.8. The highest BCUT2D eigenvalue weighted by molar-refractivity contribution is 5.66. The summed E-state index contributed by atoms with van der Waals surface area (Å²) >= 11 is 0. The van der Waals surface area contributed by atoms with Gasteiger partial charge in [0.25, 0.3) is 0 Å². The molecule has 0 saturated carbocycles. The zero-order valence-corrected chi connectivity index (χ0v) is 19.7. The van der Waals surface area contributed by atoms with Gasteiger partial charge in [-0.05, 0) is 42.3 Å². The highest BCUT2D eigenvalue weighted by Gasteiger charge is 2.21. The minimum atomic E-state index is -0.247. The number of imidazole rings is 1. The van der Waals surface area contributed by atoms with Crippen molar-refractivity contribution in [3.63, 3.8) is 0 Å². The molecule has 3 aromatic heterocycles. The molecule has 0 amide bonds. The number of halogens is 1. The van der Waals surface area contributed by atoms with Gasteiger partial charge >= 0.3 is 0 Å². The highest BCUT2D eigenvalue weighted by atomic mass is 19.1. The molecule has 1 aliphatic rings. The highest BCUT2D eigenvalue weighted by Crippen LogP contribution is 2.32. The Morgan fingerprint density at radius 3 is 2.75 bits per heavy atom. The number of nitrogens with two attached hydrogens (primary N) is 1. The molecule has 0 aliphatic carbocycles. The predicted molar refractivity (Wildman–Crippen MR) is 135 cm³/mol. The first-order valence-electron chi connectivity index (χ1n) is 11.7. The van der Waals surface area contributed by atoms with Gasteiger partial charge in [-0.1, -0.05) is 18.2 Å². The zero-order valence-electron chi connectivity index (χ0n) is 19.7. The number of fused-ring (bicyclic) bond motifs is 2. The lowest BCUT2D eigenvalue weighted by atomic mass is 10.0. The number of hydrogen-bond acceptors (Lipinski definition) is 7. The smallest absolute Gasteiger partial charge is 0.235 e. The first-order chi connectivity index (χ1) is 17.5. The molecule has 36 heavy (non-hydrogen) atoms. The average molecular weight is 482 g/mol. The molecule has 0 bridgehead atoms.